The Hall–Kier alpha value is -3.31. The minimum absolute atomic E-state index is 0.282. The van der Waals surface area contributed by atoms with Gasteiger partial charge in [0.25, 0.3) is 5.91 Å². The summed E-state index contributed by atoms with van der Waals surface area (Å²) >= 11 is 5.13. The molecule has 2 rings (SSSR count). The van der Waals surface area contributed by atoms with Crippen molar-refractivity contribution in [3.05, 3.63) is 59.7 Å². The van der Waals surface area contributed by atoms with Crippen LogP contribution in [-0.4, -0.2) is 24.2 Å². The van der Waals surface area contributed by atoms with Crippen molar-refractivity contribution in [1.82, 2.24) is 16.2 Å². The first-order chi connectivity index (χ1) is 13.0. The highest BCUT2D eigenvalue weighted by atomic mass is 32.1. The fourth-order valence-electron chi connectivity index (χ4n) is 2.06. The number of carbonyl (C=O) groups is 1. The maximum atomic E-state index is 12.1. The minimum atomic E-state index is -0.741. The summed E-state index contributed by atoms with van der Waals surface area (Å²) in [4.78, 5) is 12.1. The van der Waals surface area contributed by atoms with Crippen molar-refractivity contribution in [1.29, 1.82) is 5.26 Å². The molecule has 0 unspecified atom stereocenters. The lowest BCUT2D eigenvalue weighted by Gasteiger charge is -2.16. The van der Waals surface area contributed by atoms with E-state index in [1.165, 1.54) is 0 Å². The fourth-order valence-corrected chi connectivity index (χ4v) is 2.18. The topological polar surface area (TPSA) is 95.4 Å². The first-order valence-electron chi connectivity index (χ1n) is 8.15. The third-order valence-electron chi connectivity index (χ3n) is 3.58. The third-order valence-corrected chi connectivity index (χ3v) is 3.82. The van der Waals surface area contributed by atoms with Crippen molar-refractivity contribution < 1.29 is 14.3 Å². The van der Waals surface area contributed by atoms with E-state index in [2.05, 4.69) is 16.2 Å². The highest BCUT2D eigenvalue weighted by Gasteiger charge is 2.14. The molecule has 140 valence electrons. The first kappa shape index (κ1) is 20.0. The summed E-state index contributed by atoms with van der Waals surface area (Å²) in [6.45, 7) is 2.12. The molecule has 0 aromatic heterocycles. The van der Waals surface area contributed by atoms with Crippen molar-refractivity contribution in [2.24, 2.45) is 0 Å². The average Bonchev–Trinajstić information content (AvgIpc) is 2.71. The molecule has 8 heteroatoms. The number of hydrazine groups is 1. The van der Waals surface area contributed by atoms with Gasteiger partial charge >= 0.3 is 0 Å². The molecule has 0 aliphatic carbocycles. The van der Waals surface area contributed by atoms with E-state index in [4.69, 9.17) is 27.0 Å². The Morgan fingerprint density at radius 1 is 1.11 bits per heavy atom. The van der Waals surface area contributed by atoms with E-state index in [1.807, 2.05) is 30.3 Å². The maximum Gasteiger partial charge on any atom is 0.279 e. The number of nitrogens with zero attached hydrogens (tertiary/aromatic N) is 1. The molecule has 0 bridgehead atoms. The van der Waals surface area contributed by atoms with Crippen molar-refractivity contribution in [2.75, 3.05) is 7.11 Å². The van der Waals surface area contributed by atoms with Crippen LogP contribution in [0.25, 0.3) is 0 Å². The second-order valence-corrected chi connectivity index (χ2v) is 5.95. The zero-order valence-electron chi connectivity index (χ0n) is 15.0. The van der Waals surface area contributed by atoms with E-state index >= 15 is 0 Å². The average molecular weight is 384 g/mol. The van der Waals surface area contributed by atoms with Gasteiger partial charge in [-0.3, -0.25) is 15.6 Å². The van der Waals surface area contributed by atoms with Crippen molar-refractivity contribution in [3.8, 4) is 17.6 Å². The van der Waals surface area contributed by atoms with Crippen molar-refractivity contribution in [2.45, 2.75) is 19.6 Å². The normalized spacial score (nSPS) is 10.9. The molecule has 0 aliphatic rings. The number of thiocarbonyl (C=S) groups is 1. The number of hydrogen-bond donors (Lipinski definition) is 3. The SMILES string of the molecule is COc1ccc(CNC(=S)NNC(=O)[C@@H](C)Oc2ccc(C#N)cc2)cc1. The molecular weight excluding hydrogens is 364 g/mol. The Labute approximate surface area is 163 Å². The lowest BCUT2D eigenvalue weighted by atomic mass is 10.2. The van der Waals surface area contributed by atoms with Crippen molar-refractivity contribution >= 4 is 23.2 Å². The zero-order valence-corrected chi connectivity index (χ0v) is 15.8. The van der Waals surface area contributed by atoms with E-state index in [0.717, 1.165) is 11.3 Å². The van der Waals surface area contributed by atoms with Crippen LogP contribution >= 0.6 is 12.2 Å². The summed E-state index contributed by atoms with van der Waals surface area (Å²) in [5.74, 6) is 0.896. The fraction of sp³-hybridized carbons (Fsp3) is 0.211. The maximum absolute atomic E-state index is 12.1. The van der Waals surface area contributed by atoms with Gasteiger partial charge in [-0.2, -0.15) is 5.26 Å². The molecule has 1 atom stereocenters. The predicted molar refractivity (Wildman–Crippen MR) is 105 cm³/mol. The van der Waals surface area contributed by atoms with Gasteiger partial charge in [0.05, 0.1) is 18.7 Å². The molecule has 27 heavy (non-hydrogen) atoms. The minimum Gasteiger partial charge on any atom is -0.497 e. The van der Waals surface area contributed by atoms with E-state index in [0.29, 0.717) is 17.9 Å². The summed E-state index contributed by atoms with van der Waals surface area (Å²) in [7, 11) is 1.61. The highest BCUT2D eigenvalue weighted by molar-refractivity contribution is 7.80. The van der Waals surface area contributed by atoms with Crippen LogP contribution in [0.3, 0.4) is 0 Å². The Balaban J connectivity index is 1.72. The number of amides is 1. The lowest BCUT2D eigenvalue weighted by molar-refractivity contribution is -0.127. The van der Waals surface area contributed by atoms with Crippen LogP contribution in [0.1, 0.15) is 18.1 Å². The van der Waals surface area contributed by atoms with Crippen LogP contribution in [0.5, 0.6) is 11.5 Å². The molecule has 0 spiro atoms. The van der Waals surface area contributed by atoms with E-state index < -0.39 is 6.10 Å². The second kappa shape index (κ2) is 9.99. The number of rotatable bonds is 6. The smallest absolute Gasteiger partial charge is 0.279 e. The molecule has 0 saturated heterocycles. The van der Waals surface area contributed by atoms with Gasteiger partial charge in [-0.15, -0.1) is 0 Å². The van der Waals surface area contributed by atoms with Crippen LogP contribution in [0, 0.1) is 11.3 Å². The third kappa shape index (κ3) is 6.49. The number of nitrogens with one attached hydrogen (secondary N) is 3. The van der Waals surface area contributed by atoms with Crippen molar-refractivity contribution in [3.63, 3.8) is 0 Å². The summed E-state index contributed by atoms with van der Waals surface area (Å²) in [5.41, 5.74) is 6.66. The number of benzene rings is 2. The van der Waals surface area contributed by atoms with Crippen LogP contribution in [0.2, 0.25) is 0 Å². The van der Waals surface area contributed by atoms with Gasteiger partial charge < -0.3 is 14.8 Å². The monoisotopic (exact) mass is 384 g/mol. The molecule has 0 heterocycles. The molecule has 2 aromatic carbocycles. The number of ether oxygens (including phenoxy) is 2. The van der Waals surface area contributed by atoms with Gasteiger partial charge in [-0.25, -0.2) is 0 Å². The number of carbonyl (C=O) groups excluding carboxylic acids is 1. The van der Waals surface area contributed by atoms with E-state index in [9.17, 15) is 4.79 Å². The molecule has 0 saturated carbocycles. The quantitative estimate of drug-likeness (QED) is 0.518. The largest absolute Gasteiger partial charge is 0.497 e. The van der Waals surface area contributed by atoms with Gasteiger partial charge in [0.1, 0.15) is 11.5 Å². The Bertz CT molecular complexity index is 816. The zero-order chi connectivity index (χ0) is 19.6. The molecule has 0 aliphatic heterocycles. The van der Waals surface area contributed by atoms with Gasteiger partial charge in [0.15, 0.2) is 11.2 Å². The number of hydrogen-bond acceptors (Lipinski definition) is 5. The van der Waals surface area contributed by atoms with Gasteiger partial charge in [-0.1, -0.05) is 12.1 Å². The molecule has 1 amide bonds. The van der Waals surface area contributed by atoms with Gasteiger partial charge in [0.2, 0.25) is 0 Å². The molecule has 7 nitrogen and oxygen atoms in total. The van der Waals surface area contributed by atoms with Crippen LogP contribution in [-0.2, 0) is 11.3 Å². The van der Waals surface area contributed by atoms with Gasteiger partial charge in [0, 0.05) is 6.54 Å². The molecule has 0 radical (unpaired) electrons. The standard InChI is InChI=1S/C19H20N4O3S/c1-13(26-17-9-3-14(11-20)4-10-17)18(24)22-23-19(27)21-12-15-5-7-16(25-2)8-6-15/h3-10,13H,12H2,1-2H3,(H,22,24)(H2,21,23,27)/t13-/m1/s1. The molecule has 2 aromatic rings. The Morgan fingerprint density at radius 3 is 2.33 bits per heavy atom. The van der Waals surface area contributed by atoms with E-state index in [1.54, 1.807) is 38.3 Å². The van der Waals surface area contributed by atoms with Crippen LogP contribution in [0.4, 0.5) is 0 Å². The Kier molecular flexibility index (Phi) is 7.40. The second-order valence-electron chi connectivity index (χ2n) is 5.54. The predicted octanol–water partition coefficient (Wildman–Crippen LogP) is 2.03. The summed E-state index contributed by atoms with van der Waals surface area (Å²) in [5, 5.41) is 12.0. The van der Waals surface area contributed by atoms with Gasteiger partial charge in [-0.05, 0) is 61.1 Å². The highest BCUT2D eigenvalue weighted by Crippen LogP contribution is 2.13. The summed E-state index contributed by atoms with van der Waals surface area (Å²) < 4.78 is 10.6. The lowest BCUT2D eigenvalue weighted by Crippen LogP contribution is -2.50. The summed E-state index contributed by atoms with van der Waals surface area (Å²) in [6, 6.07) is 16.1. The Morgan fingerprint density at radius 2 is 1.74 bits per heavy atom. The molecular formula is C19H20N4O3S. The van der Waals surface area contributed by atoms with Crippen LogP contribution < -0.4 is 25.6 Å². The van der Waals surface area contributed by atoms with Crippen LogP contribution in [0.15, 0.2) is 48.5 Å². The number of methoxy groups -OCH3 is 1. The van der Waals surface area contributed by atoms with E-state index in [-0.39, 0.29) is 11.0 Å². The molecule has 0 fully saturated rings. The summed E-state index contributed by atoms with van der Waals surface area (Å²) in [6.07, 6.45) is -0.741. The number of nitriles is 1. The molecule has 3 N–H and O–H groups in total. The first-order valence-corrected chi connectivity index (χ1v) is 8.56.